The lowest BCUT2D eigenvalue weighted by molar-refractivity contribution is 0.0697. The topological polar surface area (TPSA) is 66.3 Å². The molecule has 0 atom stereocenters. The smallest absolute Gasteiger partial charge is 0.335 e. The number of anilines is 3. The molecule has 0 amide bonds. The molecule has 0 saturated heterocycles. The quantitative estimate of drug-likeness (QED) is 0.236. The first-order chi connectivity index (χ1) is 18.7. The Kier molecular flexibility index (Phi) is 7.47. The van der Waals surface area contributed by atoms with Gasteiger partial charge < -0.3 is 10.0 Å². The SMILES string of the molecule is O=C(O)c1ccc(N(c2ccc(C=Cc3ccncc3)cc2)c2ccc(C=Cc3ccncc3)cc2)cc1. The van der Waals surface area contributed by atoms with Crippen LogP contribution in [0.4, 0.5) is 17.1 Å². The van der Waals surface area contributed by atoms with Crippen molar-refractivity contribution in [2.45, 2.75) is 0 Å². The number of carboxylic acid groups (broad SMARTS) is 1. The highest BCUT2D eigenvalue weighted by atomic mass is 16.4. The van der Waals surface area contributed by atoms with E-state index in [4.69, 9.17) is 0 Å². The molecule has 2 aromatic heterocycles. The summed E-state index contributed by atoms with van der Waals surface area (Å²) >= 11 is 0. The van der Waals surface area contributed by atoms with Crippen LogP contribution in [0.1, 0.15) is 32.6 Å². The van der Waals surface area contributed by atoms with Crippen molar-refractivity contribution in [3.8, 4) is 0 Å². The summed E-state index contributed by atoms with van der Waals surface area (Å²) in [6.45, 7) is 0. The molecule has 0 aliphatic heterocycles. The van der Waals surface area contributed by atoms with E-state index in [0.717, 1.165) is 39.3 Å². The third-order valence-corrected chi connectivity index (χ3v) is 6.02. The Balaban J connectivity index is 1.44. The van der Waals surface area contributed by atoms with Gasteiger partial charge in [0.25, 0.3) is 0 Å². The van der Waals surface area contributed by atoms with Gasteiger partial charge in [-0.2, -0.15) is 0 Å². The minimum Gasteiger partial charge on any atom is -0.478 e. The Morgan fingerprint density at radius 3 is 1.16 bits per heavy atom. The van der Waals surface area contributed by atoms with Crippen molar-refractivity contribution in [1.29, 1.82) is 0 Å². The van der Waals surface area contributed by atoms with Crippen LogP contribution in [0.2, 0.25) is 0 Å². The first kappa shape index (κ1) is 24.4. The van der Waals surface area contributed by atoms with Crippen molar-refractivity contribution in [3.63, 3.8) is 0 Å². The molecule has 1 N–H and O–H groups in total. The molecule has 0 spiro atoms. The lowest BCUT2D eigenvalue weighted by Crippen LogP contribution is -2.10. The van der Waals surface area contributed by atoms with Gasteiger partial charge in [0.15, 0.2) is 0 Å². The molecule has 5 aromatic rings. The zero-order chi connectivity index (χ0) is 26.2. The molecule has 0 aliphatic carbocycles. The number of aromatic carboxylic acids is 1. The number of hydrogen-bond donors (Lipinski definition) is 1. The van der Waals surface area contributed by atoms with Gasteiger partial charge >= 0.3 is 5.97 Å². The highest BCUT2D eigenvalue weighted by Gasteiger charge is 2.13. The average Bonchev–Trinajstić information content (AvgIpc) is 2.98. The van der Waals surface area contributed by atoms with Crippen molar-refractivity contribution >= 4 is 47.3 Å². The number of benzene rings is 3. The third kappa shape index (κ3) is 6.09. The Morgan fingerprint density at radius 1 is 0.500 bits per heavy atom. The van der Waals surface area contributed by atoms with Crippen molar-refractivity contribution < 1.29 is 9.90 Å². The molecule has 5 rings (SSSR count). The zero-order valence-corrected chi connectivity index (χ0v) is 20.6. The third-order valence-electron chi connectivity index (χ3n) is 6.02. The van der Waals surface area contributed by atoms with Gasteiger partial charge in [0, 0.05) is 41.8 Å². The predicted octanol–water partition coefficient (Wildman–Crippen LogP) is 7.99. The van der Waals surface area contributed by atoms with E-state index in [1.807, 2.05) is 36.4 Å². The summed E-state index contributed by atoms with van der Waals surface area (Å²) in [6, 6.07) is 31.3. The minimum absolute atomic E-state index is 0.252. The molecule has 0 bridgehead atoms. The first-order valence-electron chi connectivity index (χ1n) is 12.2. The fraction of sp³-hybridized carbons (Fsp3) is 0. The molecule has 38 heavy (non-hydrogen) atoms. The zero-order valence-electron chi connectivity index (χ0n) is 20.6. The lowest BCUT2D eigenvalue weighted by atomic mass is 10.1. The molecule has 0 fully saturated rings. The summed E-state index contributed by atoms with van der Waals surface area (Å²) in [5, 5.41) is 9.34. The number of rotatable bonds is 8. The predicted molar refractivity (Wildman–Crippen MR) is 154 cm³/mol. The van der Waals surface area contributed by atoms with Gasteiger partial charge in [0.05, 0.1) is 5.56 Å². The van der Waals surface area contributed by atoms with Crippen molar-refractivity contribution in [2.24, 2.45) is 0 Å². The van der Waals surface area contributed by atoms with E-state index in [1.54, 1.807) is 36.9 Å². The summed E-state index contributed by atoms with van der Waals surface area (Å²) in [5.74, 6) is -0.946. The fourth-order valence-corrected chi connectivity index (χ4v) is 4.00. The average molecular weight is 496 g/mol. The molecule has 3 aromatic carbocycles. The van der Waals surface area contributed by atoms with Crippen LogP contribution in [0, 0.1) is 0 Å². The maximum Gasteiger partial charge on any atom is 0.335 e. The molecule has 0 unspecified atom stereocenters. The number of carbonyl (C=O) groups is 1. The van der Waals surface area contributed by atoms with Gasteiger partial charge in [-0.05, 0) is 95.1 Å². The van der Waals surface area contributed by atoms with E-state index in [1.165, 1.54) is 0 Å². The van der Waals surface area contributed by atoms with Crippen LogP contribution in [0.15, 0.2) is 122 Å². The van der Waals surface area contributed by atoms with Gasteiger partial charge in [-0.1, -0.05) is 48.6 Å². The molecule has 184 valence electrons. The Hall–Kier alpha value is -5.29. The number of hydrogen-bond acceptors (Lipinski definition) is 4. The van der Waals surface area contributed by atoms with Gasteiger partial charge in [-0.25, -0.2) is 4.79 Å². The largest absolute Gasteiger partial charge is 0.478 e. The van der Waals surface area contributed by atoms with E-state index < -0.39 is 5.97 Å². The number of nitrogens with zero attached hydrogens (tertiary/aromatic N) is 3. The molecule has 2 heterocycles. The van der Waals surface area contributed by atoms with Gasteiger partial charge in [0.1, 0.15) is 0 Å². The highest BCUT2D eigenvalue weighted by molar-refractivity contribution is 5.89. The van der Waals surface area contributed by atoms with Crippen LogP contribution >= 0.6 is 0 Å². The molecule has 0 saturated carbocycles. The Morgan fingerprint density at radius 2 is 0.816 bits per heavy atom. The summed E-state index contributed by atoms with van der Waals surface area (Å²) < 4.78 is 0. The van der Waals surface area contributed by atoms with Crippen LogP contribution in [-0.2, 0) is 0 Å². The maximum absolute atomic E-state index is 11.4. The van der Waals surface area contributed by atoms with Gasteiger partial charge in [-0.3, -0.25) is 9.97 Å². The van der Waals surface area contributed by atoms with E-state index in [2.05, 4.69) is 87.7 Å². The maximum atomic E-state index is 11.4. The van der Waals surface area contributed by atoms with Gasteiger partial charge in [-0.15, -0.1) is 0 Å². The van der Waals surface area contributed by atoms with Crippen molar-refractivity contribution in [1.82, 2.24) is 9.97 Å². The number of carboxylic acids is 1. The van der Waals surface area contributed by atoms with E-state index in [0.29, 0.717) is 0 Å². The standard InChI is InChI=1S/C33H25N3O2/c37-33(38)29-9-15-32(16-10-29)36(30-11-5-25(6-12-30)1-3-27-17-21-34-22-18-27)31-13-7-26(8-14-31)2-4-28-19-23-35-24-20-28/h1-24H,(H,37,38). The second kappa shape index (κ2) is 11.6. The summed E-state index contributed by atoms with van der Waals surface area (Å²) in [6.07, 6.45) is 15.3. The van der Waals surface area contributed by atoms with E-state index in [9.17, 15) is 9.90 Å². The normalized spacial score (nSPS) is 11.2. The van der Waals surface area contributed by atoms with Gasteiger partial charge in [0.2, 0.25) is 0 Å². The number of aromatic nitrogens is 2. The second-order valence-electron chi connectivity index (χ2n) is 8.60. The van der Waals surface area contributed by atoms with Crippen LogP contribution in [0.3, 0.4) is 0 Å². The fourth-order valence-electron chi connectivity index (χ4n) is 4.00. The second-order valence-corrected chi connectivity index (χ2v) is 8.60. The van der Waals surface area contributed by atoms with Crippen LogP contribution in [0.25, 0.3) is 24.3 Å². The first-order valence-corrected chi connectivity index (χ1v) is 12.2. The summed E-state index contributed by atoms with van der Waals surface area (Å²) in [5.41, 5.74) is 7.37. The van der Waals surface area contributed by atoms with Crippen molar-refractivity contribution in [3.05, 3.63) is 150 Å². The molecule has 5 nitrogen and oxygen atoms in total. The summed E-state index contributed by atoms with van der Waals surface area (Å²) in [7, 11) is 0. The number of pyridine rings is 2. The Labute approximate surface area is 221 Å². The Bertz CT molecular complexity index is 1450. The molecule has 0 aliphatic rings. The summed E-state index contributed by atoms with van der Waals surface area (Å²) in [4.78, 5) is 21.6. The lowest BCUT2D eigenvalue weighted by Gasteiger charge is -2.26. The molecular formula is C33H25N3O2. The van der Waals surface area contributed by atoms with Crippen LogP contribution < -0.4 is 4.90 Å². The van der Waals surface area contributed by atoms with Crippen LogP contribution in [0.5, 0.6) is 0 Å². The molecule has 0 radical (unpaired) electrons. The van der Waals surface area contributed by atoms with Crippen LogP contribution in [-0.4, -0.2) is 21.0 Å². The molecule has 5 heteroatoms. The van der Waals surface area contributed by atoms with E-state index in [-0.39, 0.29) is 5.56 Å². The minimum atomic E-state index is -0.946. The monoisotopic (exact) mass is 495 g/mol. The van der Waals surface area contributed by atoms with E-state index >= 15 is 0 Å². The van der Waals surface area contributed by atoms with Crippen molar-refractivity contribution in [2.75, 3.05) is 4.90 Å². The highest BCUT2D eigenvalue weighted by Crippen LogP contribution is 2.35. The molecular weight excluding hydrogens is 470 g/mol.